The first kappa shape index (κ1) is 37.0. The molecule has 9 aromatic rings. The van der Waals surface area contributed by atoms with Crippen molar-refractivity contribution in [3.05, 3.63) is 215 Å². The molecule has 1 aliphatic heterocycles. The zero-order chi connectivity index (χ0) is 42.5. The van der Waals surface area contributed by atoms with Gasteiger partial charge >= 0.3 is 0 Å². The minimum Gasteiger partial charge on any atom is -0.308 e. The van der Waals surface area contributed by atoms with Gasteiger partial charge in [-0.1, -0.05) is 84.9 Å². The maximum Gasteiger partial charge on any atom is 0.268 e. The Hall–Kier alpha value is -9.34. The number of nitriles is 2. The van der Waals surface area contributed by atoms with Gasteiger partial charge in [0.25, 0.3) is 11.8 Å². The van der Waals surface area contributed by atoms with Gasteiger partial charge in [-0.2, -0.15) is 10.5 Å². The van der Waals surface area contributed by atoms with E-state index >= 15 is 4.79 Å². The van der Waals surface area contributed by atoms with Crippen molar-refractivity contribution in [2.45, 2.75) is 0 Å². The largest absolute Gasteiger partial charge is 0.308 e. The van der Waals surface area contributed by atoms with E-state index in [4.69, 9.17) is 13.1 Å². The maximum absolute atomic E-state index is 15.0. The number of hydrogen-bond acceptors (Lipinski definition) is 4. The normalized spacial score (nSPS) is 11.8. The summed E-state index contributed by atoms with van der Waals surface area (Å²) in [5.74, 6) is -0.878. The molecular weight excluding hydrogens is 765 g/mol. The Kier molecular flexibility index (Phi) is 8.82. The summed E-state index contributed by atoms with van der Waals surface area (Å²) in [4.78, 5) is 38.1. The summed E-state index contributed by atoms with van der Waals surface area (Å²) in [5.41, 5.74) is 10.9. The van der Waals surface area contributed by atoms with E-state index in [1.165, 1.54) is 4.90 Å². The molecule has 0 fully saturated rings. The van der Waals surface area contributed by atoms with Gasteiger partial charge in [-0.15, -0.1) is 0 Å². The standard InChI is InChI=1S/C54H28N6O2/c1-57-42-24-33(31-55)22-40(26-42)38-17-20-49-46(29-38)47-30-39(41-23-34(32-56)25-43(27-41)58-2)18-21-50(47)59(49)51-15-9-14-44-52(51)54(62)60(53(44)61)48-19-16-37(35-10-5-3-6-11-35)28-45(48)36-12-7-4-8-13-36/h3-30H. The van der Waals surface area contributed by atoms with Gasteiger partial charge in [-0.3, -0.25) is 9.59 Å². The molecule has 1 aromatic heterocycles. The van der Waals surface area contributed by atoms with E-state index in [2.05, 4.69) is 21.8 Å². The number of amides is 2. The number of imide groups is 1. The van der Waals surface area contributed by atoms with Crippen molar-refractivity contribution in [3.63, 3.8) is 0 Å². The molecule has 0 atom stereocenters. The molecule has 8 heteroatoms. The lowest BCUT2D eigenvalue weighted by Crippen LogP contribution is -2.30. The number of carbonyl (C=O) groups is 2. The smallest absolute Gasteiger partial charge is 0.268 e. The van der Waals surface area contributed by atoms with E-state index in [0.29, 0.717) is 45.0 Å². The van der Waals surface area contributed by atoms with Gasteiger partial charge in [0, 0.05) is 27.5 Å². The molecule has 0 radical (unpaired) electrons. The fraction of sp³-hybridized carbons (Fsp3) is 0. The molecule has 0 bridgehead atoms. The molecule has 8 nitrogen and oxygen atoms in total. The third-order valence-electron chi connectivity index (χ3n) is 11.3. The average molecular weight is 793 g/mol. The van der Waals surface area contributed by atoms with Gasteiger partial charge in [-0.05, 0) is 124 Å². The first-order valence-electron chi connectivity index (χ1n) is 19.6. The van der Waals surface area contributed by atoms with Crippen LogP contribution < -0.4 is 4.90 Å². The number of carbonyl (C=O) groups excluding carboxylic acids is 2. The van der Waals surface area contributed by atoms with Crippen molar-refractivity contribution in [1.29, 1.82) is 10.5 Å². The molecule has 0 unspecified atom stereocenters. The zero-order valence-corrected chi connectivity index (χ0v) is 32.7. The number of benzene rings is 8. The summed E-state index contributed by atoms with van der Waals surface area (Å²) in [6.07, 6.45) is 0. The third kappa shape index (κ3) is 6.05. The lowest BCUT2D eigenvalue weighted by Gasteiger charge is -2.20. The van der Waals surface area contributed by atoms with Crippen LogP contribution in [-0.4, -0.2) is 16.4 Å². The van der Waals surface area contributed by atoms with Crippen LogP contribution in [0.5, 0.6) is 0 Å². The van der Waals surface area contributed by atoms with Crippen LogP contribution in [0.15, 0.2) is 170 Å². The molecule has 10 rings (SSSR count). The maximum atomic E-state index is 15.0. The van der Waals surface area contributed by atoms with Crippen LogP contribution >= 0.6 is 0 Å². The van der Waals surface area contributed by atoms with Crippen molar-refractivity contribution >= 4 is 50.7 Å². The summed E-state index contributed by atoms with van der Waals surface area (Å²) >= 11 is 0. The highest BCUT2D eigenvalue weighted by Gasteiger charge is 2.40. The first-order valence-corrected chi connectivity index (χ1v) is 19.6. The minimum atomic E-state index is -0.450. The van der Waals surface area contributed by atoms with Crippen molar-refractivity contribution < 1.29 is 9.59 Å². The molecular formula is C54H28N6O2. The summed E-state index contributed by atoms with van der Waals surface area (Å²) in [7, 11) is 0. The number of anilines is 1. The van der Waals surface area contributed by atoms with E-state index in [1.807, 2.05) is 126 Å². The fourth-order valence-electron chi connectivity index (χ4n) is 8.52. The molecule has 0 aliphatic carbocycles. The number of aromatic nitrogens is 1. The Morgan fingerprint density at radius 2 is 0.968 bits per heavy atom. The Labute approximate surface area is 356 Å². The lowest BCUT2D eigenvalue weighted by molar-refractivity contribution is 0.0926. The fourth-order valence-corrected chi connectivity index (χ4v) is 8.52. The molecule has 0 spiro atoms. The van der Waals surface area contributed by atoms with Crippen molar-refractivity contribution in [2.24, 2.45) is 0 Å². The highest BCUT2D eigenvalue weighted by atomic mass is 16.2. The quantitative estimate of drug-likeness (QED) is 0.124. The van der Waals surface area contributed by atoms with Crippen molar-refractivity contribution in [2.75, 3.05) is 4.90 Å². The van der Waals surface area contributed by atoms with Gasteiger partial charge in [0.1, 0.15) is 0 Å². The first-order chi connectivity index (χ1) is 30.4. The molecule has 8 aromatic carbocycles. The van der Waals surface area contributed by atoms with E-state index in [-0.39, 0.29) is 11.1 Å². The Bertz CT molecular complexity index is 3360. The average Bonchev–Trinajstić information content (AvgIpc) is 3.80. The van der Waals surface area contributed by atoms with E-state index in [1.54, 1.807) is 48.5 Å². The molecule has 2 amide bonds. The summed E-state index contributed by atoms with van der Waals surface area (Å²) < 4.78 is 1.99. The lowest BCUT2D eigenvalue weighted by atomic mass is 9.97. The minimum absolute atomic E-state index is 0.266. The SMILES string of the molecule is [C-]#[N+]c1cc(C#N)cc(-c2ccc3c(c2)c2cc(-c4cc(C#N)cc([N+]#[C-])c4)ccc2n3-c2cccc3c2C(=O)N(c2ccc(-c4ccccc4)cc2-c2ccccc2)C3=O)c1. The monoisotopic (exact) mass is 792 g/mol. The molecule has 0 saturated heterocycles. The topological polar surface area (TPSA) is 98.6 Å². The molecule has 2 heterocycles. The zero-order valence-electron chi connectivity index (χ0n) is 32.7. The molecule has 0 saturated carbocycles. The van der Waals surface area contributed by atoms with Crippen LogP contribution in [0.3, 0.4) is 0 Å². The second-order valence-corrected chi connectivity index (χ2v) is 14.9. The predicted molar refractivity (Wildman–Crippen MR) is 242 cm³/mol. The second kappa shape index (κ2) is 14.8. The van der Waals surface area contributed by atoms with E-state index in [9.17, 15) is 15.3 Å². The van der Waals surface area contributed by atoms with Crippen LogP contribution in [0.2, 0.25) is 0 Å². The van der Waals surface area contributed by atoms with E-state index < -0.39 is 11.8 Å². The predicted octanol–water partition coefficient (Wildman–Crippen LogP) is 13.1. The molecule has 62 heavy (non-hydrogen) atoms. The Morgan fingerprint density at radius 3 is 1.52 bits per heavy atom. The van der Waals surface area contributed by atoms with Crippen LogP contribution in [0, 0.1) is 35.8 Å². The summed E-state index contributed by atoms with van der Waals surface area (Å²) in [5, 5.41) is 21.2. The number of rotatable bonds is 6. The van der Waals surface area contributed by atoms with Gasteiger partial charge < -0.3 is 4.57 Å². The second-order valence-electron chi connectivity index (χ2n) is 14.9. The summed E-state index contributed by atoms with van der Waals surface area (Å²) in [6.45, 7) is 15.3. The Morgan fingerprint density at radius 1 is 0.435 bits per heavy atom. The summed E-state index contributed by atoms with van der Waals surface area (Å²) in [6, 6.07) is 57.0. The number of nitrogens with zero attached hydrogens (tertiary/aromatic N) is 6. The highest BCUT2D eigenvalue weighted by molar-refractivity contribution is 6.36. The van der Waals surface area contributed by atoms with Crippen LogP contribution in [0.25, 0.3) is 81.7 Å². The van der Waals surface area contributed by atoms with Crippen LogP contribution in [-0.2, 0) is 0 Å². The number of fused-ring (bicyclic) bond motifs is 4. The Balaban J connectivity index is 1.18. The molecule has 286 valence electrons. The van der Waals surface area contributed by atoms with Gasteiger partial charge in [0.15, 0.2) is 11.4 Å². The highest BCUT2D eigenvalue weighted by Crippen LogP contribution is 2.43. The van der Waals surface area contributed by atoms with Gasteiger partial charge in [0.2, 0.25) is 0 Å². The molecule has 1 aliphatic rings. The third-order valence-corrected chi connectivity index (χ3v) is 11.3. The van der Waals surface area contributed by atoms with Crippen molar-refractivity contribution in [1.82, 2.24) is 4.57 Å². The van der Waals surface area contributed by atoms with Gasteiger partial charge in [0.05, 0.1) is 58.8 Å². The molecule has 0 N–H and O–H groups in total. The van der Waals surface area contributed by atoms with Crippen LogP contribution in [0.1, 0.15) is 31.8 Å². The number of hydrogen-bond donors (Lipinski definition) is 0. The van der Waals surface area contributed by atoms with Crippen LogP contribution in [0.4, 0.5) is 17.1 Å². The van der Waals surface area contributed by atoms with Gasteiger partial charge in [-0.25, -0.2) is 14.6 Å². The van der Waals surface area contributed by atoms with Crippen molar-refractivity contribution in [3.8, 4) is 62.3 Å². The van der Waals surface area contributed by atoms with E-state index in [0.717, 1.165) is 55.2 Å².